The molecule has 224 valence electrons. The molecule has 0 aliphatic heterocycles. The minimum Gasteiger partial charge on any atom is -0.394 e. The van der Waals surface area contributed by atoms with Gasteiger partial charge in [0.1, 0.15) is 29.0 Å². The molecule has 0 radical (unpaired) electrons. The van der Waals surface area contributed by atoms with Crippen molar-refractivity contribution in [1.82, 2.24) is 30.2 Å². The molecule has 0 spiro atoms. The lowest BCUT2D eigenvalue weighted by molar-refractivity contribution is -0.190. The van der Waals surface area contributed by atoms with Crippen molar-refractivity contribution < 1.29 is 31.6 Å². The quantitative estimate of drug-likeness (QED) is 0.174. The Morgan fingerprint density at radius 3 is 2.40 bits per heavy atom. The lowest BCUT2D eigenvalue weighted by atomic mass is 9.97. The first-order valence-electron chi connectivity index (χ1n) is 13.1. The topological polar surface area (TPSA) is 114 Å². The molecule has 43 heavy (non-hydrogen) atoms. The molecular formula is C29H26F5N7O2. The van der Waals surface area contributed by atoms with Crippen molar-refractivity contribution in [3.63, 3.8) is 0 Å². The molecule has 0 fully saturated rings. The van der Waals surface area contributed by atoms with E-state index in [-0.39, 0.29) is 18.1 Å². The van der Waals surface area contributed by atoms with Crippen LogP contribution in [0.5, 0.6) is 0 Å². The molecular weight excluding hydrogens is 573 g/mol. The van der Waals surface area contributed by atoms with Crippen molar-refractivity contribution in [3.05, 3.63) is 102 Å². The normalized spacial score (nSPS) is 13.9. The number of aromatic nitrogens is 5. The number of rotatable bonds is 11. The smallest absolute Gasteiger partial charge is 0.394 e. The van der Waals surface area contributed by atoms with Gasteiger partial charge in [-0.1, -0.05) is 53.7 Å². The predicted octanol–water partition coefficient (Wildman–Crippen LogP) is 5.38. The van der Waals surface area contributed by atoms with Crippen LogP contribution in [-0.2, 0) is 6.54 Å². The molecule has 0 aliphatic rings. The number of hydrogen-bond donors (Lipinski definition) is 3. The number of alkyl halides is 3. The number of nitrogens with zero attached hydrogens (tertiary/aromatic N) is 5. The summed E-state index contributed by atoms with van der Waals surface area (Å²) < 4.78 is 78.4. The maximum atomic E-state index is 14.8. The number of nitrogens with one attached hydrogen (secondary N) is 2. The molecule has 0 amide bonds. The maximum Gasteiger partial charge on any atom is 0.408 e. The molecule has 0 bridgehead atoms. The van der Waals surface area contributed by atoms with Crippen LogP contribution in [0.15, 0.2) is 83.7 Å². The van der Waals surface area contributed by atoms with E-state index in [0.717, 1.165) is 13.1 Å². The molecule has 3 aromatic heterocycles. The zero-order valence-corrected chi connectivity index (χ0v) is 22.7. The minimum atomic E-state index is -4.80. The fourth-order valence-electron chi connectivity index (χ4n) is 4.40. The molecule has 0 saturated carbocycles. The second-order valence-electron chi connectivity index (χ2n) is 9.91. The first-order chi connectivity index (χ1) is 20.6. The van der Waals surface area contributed by atoms with Gasteiger partial charge in [-0.3, -0.25) is 10.00 Å². The Morgan fingerprint density at radius 2 is 1.72 bits per heavy atom. The fourth-order valence-corrected chi connectivity index (χ4v) is 4.40. The number of benzene rings is 2. The Kier molecular flexibility index (Phi) is 8.50. The van der Waals surface area contributed by atoms with E-state index in [1.165, 1.54) is 23.1 Å². The minimum absolute atomic E-state index is 0.00418. The second kappa shape index (κ2) is 12.3. The predicted molar refractivity (Wildman–Crippen MR) is 147 cm³/mol. The van der Waals surface area contributed by atoms with Crippen LogP contribution in [0.25, 0.3) is 22.9 Å². The molecule has 3 heterocycles. The molecule has 14 heteroatoms. The molecule has 2 atom stereocenters. The van der Waals surface area contributed by atoms with Crippen LogP contribution in [-0.4, -0.2) is 54.9 Å². The molecule has 2 unspecified atom stereocenters. The van der Waals surface area contributed by atoms with E-state index in [2.05, 4.69) is 30.9 Å². The van der Waals surface area contributed by atoms with Crippen molar-refractivity contribution in [2.24, 2.45) is 0 Å². The summed E-state index contributed by atoms with van der Waals surface area (Å²) in [7, 11) is 0. The second-order valence-corrected chi connectivity index (χ2v) is 9.91. The van der Waals surface area contributed by atoms with E-state index in [0.29, 0.717) is 22.5 Å². The van der Waals surface area contributed by atoms with Gasteiger partial charge >= 0.3 is 6.18 Å². The summed E-state index contributed by atoms with van der Waals surface area (Å²) in [6, 6.07) is 16.3. The summed E-state index contributed by atoms with van der Waals surface area (Å²) in [6.07, 6.45) is -2.64. The Labute approximate surface area is 242 Å². The largest absolute Gasteiger partial charge is 0.408 e. The molecule has 0 saturated heterocycles. The summed E-state index contributed by atoms with van der Waals surface area (Å²) in [5.41, 5.74) is -0.892. The highest BCUT2D eigenvalue weighted by atomic mass is 19.4. The average molecular weight is 600 g/mol. The van der Waals surface area contributed by atoms with Crippen LogP contribution in [0.3, 0.4) is 0 Å². The summed E-state index contributed by atoms with van der Waals surface area (Å²) in [6.45, 7) is -0.533. The third-order valence-corrected chi connectivity index (χ3v) is 6.84. The number of aliphatic hydroxyl groups excluding tert-OH is 1. The van der Waals surface area contributed by atoms with E-state index in [1.54, 1.807) is 54.6 Å². The fraction of sp³-hybridized carbons (Fsp3) is 0.241. The van der Waals surface area contributed by atoms with E-state index < -0.39 is 48.4 Å². The van der Waals surface area contributed by atoms with Gasteiger partial charge in [0.2, 0.25) is 0 Å². The van der Waals surface area contributed by atoms with Gasteiger partial charge in [0, 0.05) is 18.2 Å². The monoisotopic (exact) mass is 599 g/mol. The lowest BCUT2D eigenvalue weighted by Gasteiger charge is -2.36. The maximum absolute atomic E-state index is 14.8. The number of anilines is 1. The van der Waals surface area contributed by atoms with Crippen molar-refractivity contribution in [3.8, 4) is 22.9 Å². The zero-order valence-electron chi connectivity index (χ0n) is 22.7. The van der Waals surface area contributed by atoms with Gasteiger partial charge in [-0.2, -0.15) is 18.3 Å². The molecule has 9 nitrogen and oxygen atoms in total. The Hall–Kier alpha value is -4.69. The summed E-state index contributed by atoms with van der Waals surface area (Å²) in [5, 5.41) is 23.1. The van der Waals surface area contributed by atoms with Crippen LogP contribution in [0.1, 0.15) is 24.1 Å². The van der Waals surface area contributed by atoms with E-state index in [4.69, 9.17) is 4.52 Å². The van der Waals surface area contributed by atoms with Crippen LogP contribution in [0, 0.1) is 11.6 Å². The zero-order chi connectivity index (χ0) is 30.6. The Morgan fingerprint density at radius 1 is 0.977 bits per heavy atom. The van der Waals surface area contributed by atoms with Crippen LogP contribution >= 0.6 is 0 Å². The summed E-state index contributed by atoms with van der Waals surface area (Å²) in [4.78, 5) is 8.08. The molecule has 2 aromatic carbocycles. The van der Waals surface area contributed by atoms with Gasteiger partial charge in [0.05, 0.1) is 31.1 Å². The van der Waals surface area contributed by atoms with Gasteiger partial charge in [0.15, 0.2) is 17.5 Å². The van der Waals surface area contributed by atoms with Crippen molar-refractivity contribution in [2.75, 3.05) is 18.5 Å². The Balaban J connectivity index is 1.43. The van der Waals surface area contributed by atoms with Gasteiger partial charge < -0.3 is 14.9 Å². The number of aliphatic hydroxyl groups is 1. The van der Waals surface area contributed by atoms with Crippen molar-refractivity contribution in [1.29, 1.82) is 0 Å². The van der Waals surface area contributed by atoms with E-state index in [9.17, 15) is 27.1 Å². The summed E-state index contributed by atoms with van der Waals surface area (Å²) >= 11 is 0. The highest BCUT2D eigenvalue weighted by Crippen LogP contribution is 2.33. The summed E-state index contributed by atoms with van der Waals surface area (Å²) in [5.74, 6) is -2.03. The van der Waals surface area contributed by atoms with E-state index in [1.807, 2.05) is 0 Å². The molecule has 5 aromatic rings. The molecule has 3 N–H and O–H groups in total. The van der Waals surface area contributed by atoms with Gasteiger partial charge in [-0.05, 0) is 24.6 Å². The number of hydrogen-bond acceptors (Lipinski definition) is 8. The Bertz CT molecular complexity index is 1660. The third-order valence-electron chi connectivity index (χ3n) is 6.84. The average Bonchev–Trinajstić information content (AvgIpc) is 3.67. The van der Waals surface area contributed by atoms with Crippen LogP contribution in [0.2, 0.25) is 0 Å². The third kappa shape index (κ3) is 6.54. The van der Waals surface area contributed by atoms with Crippen LogP contribution < -0.4 is 10.6 Å². The standard InChI is InChI=1S/C29H26F5N7O2/c1-28(29(32,33)34,38-24(16-42)18-7-3-2-4-8-18)17-36-26-21(31)14-35-27(37-26)23-13-25(22-11-12-43-40-22)41(39-23)15-19-9-5-6-10-20(19)30/h2-14,24,38,42H,15-17H2,1H3,(H,35,36,37). The van der Waals surface area contributed by atoms with Gasteiger partial charge in [-0.15, -0.1) is 0 Å². The van der Waals surface area contributed by atoms with E-state index >= 15 is 0 Å². The lowest BCUT2D eigenvalue weighted by Crippen LogP contribution is -2.60. The van der Waals surface area contributed by atoms with Crippen LogP contribution in [0.4, 0.5) is 27.8 Å². The van der Waals surface area contributed by atoms with Crippen molar-refractivity contribution in [2.45, 2.75) is 31.2 Å². The first kappa shape index (κ1) is 29.8. The van der Waals surface area contributed by atoms with Crippen molar-refractivity contribution >= 4 is 5.82 Å². The SMILES string of the molecule is CC(CNc1nc(-c2cc(-c3ccon3)n(Cc3ccccc3F)n2)ncc1F)(NC(CO)c1ccccc1)C(F)(F)F. The molecule has 0 aliphatic carbocycles. The number of halogens is 5. The first-order valence-corrected chi connectivity index (χ1v) is 13.1. The highest BCUT2D eigenvalue weighted by molar-refractivity contribution is 5.63. The van der Waals surface area contributed by atoms with Gasteiger partial charge in [-0.25, -0.2) is 18.7 Å². The van der Waals surface area contributed by atoms with Gasteiger partial charge in [0.25, 0.3) is 0 Å². The molecule has 5 rings (SSSR count). The highest BCUT2D eigenvalue weighted by Gasteiger charge is 2.52.